The van der Waals surface area contributed by atoms with Crippen LogP contribution >= 0.6 is 0 Å². The maximum absolute atomic E-state index is 13.5. The van der Waals surface area contributed by atoms with Crippen molar-refractivity contribution < 1.29 is 23.4 Å². The van der Waals surface area contributed by atoms with Gasteiger partial charge in [0.25, 0.3) is 0 Å². The Morgan fingerprint density at radius 3 is 2.48 bits per heavy atom. The summed E-state index contributed by atoms with van der Waals surface area (Å²) in [4.78, 5) is 18.8. The quantitative estimate of drug-likeness (QED) is 0.357. The summed E-state index contributed by atoms with van der Waals surface area (Å²) < 4.78 is 28.2. The van der Waals surface area contributed by atoms with Crippen LogP contribution < -0.4 is 5.32 Å². The van der Waals surface area contributed by atoms with E-state index < -0.39 is 28.3 Å². The van der Waals surface area contributed by atoms with E-state index in [1.165, 1.54) is 16.4 Å². The Balaban J connectivity index is 1.88. The fourth-order valence-electron chi connectivity index (χ4n) is 3.75. The molecule has 0 aliphatic heterocycles. The number of fused-ring (bicyclic) bond motifs is 1. The van der Waals surface area contributed by atoms with Gasteiger partial charge in [-0.3, -0.25) is 0 Å². The molecule has 0 spiro atoms. The Hall–Kier alpha value is -2.95. The minimum Gasteiger partial charge on any atom is -0.465 e. The number of carboxylic acid groups (broad SMARTS) is 1. The molecule has 4 N–H and O–H groups in total. The minimum absolute atomic E-state index is 0.0108. The molecule has 0 radical (unpaired) electrons. The SMILES string of the molecule is Cc1nc2cc(S(=O)(=O)N(CC(C)C)C[C@@H](O)[C@H](Cc3ccccc3)NC(=O)O)ccc2[nH]1. The Kier molecular flexibility index (Phi) is 7.72. The molecule has 3 aromatic rings. The molecule has 0 aliphatic rings. The standard InChI is InChI=1S/C23H30N4O5S/c1-15(2)13-27(33(31,32)18-9-10-19-20(12-18)25-16(3)24-19)14-22(28)21(26-23(29)30)11-17-7-5-4-6-8-17/h4-10,12,15,21-22,26,28H,11,13-14H2,1-3H3,(H,24,25)(H,29,30)/t21-,22+/m0/s1. The van der Waals surface area contributed by atoms with Gasteiger partial charge in [0.2, 0.25) is 10.0 Å². The highest BCUT2D eigenvalue weighted by molar-refractivity contribution is 7.89. The van der Waals surface area contributed by atoms with Gasteiger partial charge in [-0.05, 0) is 43.0 Å². The topological polar surface area (TPSA) is 136 Å². The van der Waals surface area contributed by atoms with Crippen LogP contribution in [-0.2, 0) is 16.4 Å². The van der Waals surface area contributed by atoms with Crippen molar-refractivity contribution in [1.29, 1.82) is 0 Å². The molecule has 2 atom stereocenters. The van der Waals surface area contributed by atoms with Crippen LogP contribution in [0.15, 0.2) is 53.4 Å². The third kappa shape index (κ3) is 6.31. The number of aromatic nitrogens is 2. The first-order chi connectivity index (χ1) is 15.6. The van der Waals surface area contributed by atoms with Gasteiger partial charge in [0.15, 0.2) is 0 Å². The van der Waals surface area contributed by atoms with E-state index >= 15 is 0 Å². The van der Waals surface area contributed by atoms with Crippen LogP contribution in [0, 0.1) is 12.8 Å². The fraction of sp³-hybridized carbons (Fsp3) is 0.391. The lowest BCUT2D eigenvalue weighted by molar-refractivity contribution is 0.0980. The van der Waals surface area contributed by atoms with Gasteiger partial charge in [-0.2, -0.15) is 4.31 Å². The minimum atomic E-state index is -3.96. The summed E-state index contributed by atoms with van der Waals surface area (Å²) in [7, 11) is -3.96. The molecule has 1 amide bonds. The molecule has 0 bridgehead atoms. The van der Waals surface area contributed by atoms with Gasteiger partial charge < -0.3 is 20.5 Å². The van der Waals surface area contributed by atoms with Crippen LogP contribution in [0.4, 0.5) is 4.79 Å². The number of nitrogens with zero attached hydrogens (tertiary/aromatic N) is 2. The molecule has 1 heterocycles. The van der Waals surface area contributed by atoms with E-state index in [0.717, 1.165) is 11.1 Å². The molecular formula is C23H30N4O5S. The Morgan fingerprint density at radius 2 is 1.85 bits per heavy atom. The summed E-state index contributed by atoms with van der Waals surface area (Å²) >= 11 is 0. The van der Waals surface area contributed by atoms with E-state index in [9.17, 15) is 23.4 Å². The molecular weight excluding hydrogens is 444 g/mol. The molecule has 0 saturated heterocycles. The second kappa shape index (κ2) is 10.3. The van der Waals surface area contributed by atoms with Crippen molar-refractivity contribution in [2.24, 2.45) is 5.92 Å². The molecule has 3 rings (SSSR count). The number of carbonyl (C=O) groups is 1. The molecule has 2 aromatic carbocycles. The highest BCUT2D eigenvalue weighted by Gasteiger charge is 2.31. The molecule has 0 fully saturated rings. The monoisotopic (exact) mass is 474 g/mol. The smallest absolute Gasteiger partial charge is 0.404 e. The summed E-state index contributed by atoms with van der Waals surface area (Å²) in [5.41, 5.74) is 2.09. The zero-order valence-electron chi connectivity index (χ0n) is 18.9. The van der Waals surface area contributed by atoms with Gasteiger partial charge in [0.05, 0.1) is 28.1 Å². The summed E-state index contributed by atoms with van der Waals surface area (Å²) in [6, 6.07) is 12.9. The van der Waals surface area contributed by atoms with Crippen LogP contribution in [0.5, 0.6) is 0 Å². The maximum Gasteiger partial charge on any atom is 0.404 e. The van der Waals surface area contributed by atoms with Crippen LogP contribution in [0.2, 0.25) is 0 Å². The molecule has 178 valence electrons. The van der Waals surface area contributed by atoms with Gasteiger partial charge >= 0.3 is 6.09 Å². The van der Waals surface area contributed by atoms with Gasteiger partial charge in [0.1, 0.15) is 5.82 Å². The van der Waals surface area contributed by atoms with Crippen molar-refractivity contribution >= 4 is 27.1 Å². The lowest BCUT2D eigenvalue weighted by Gasteiger charge is -2.30. The molecule has 0 unspecified atom stereocenters. The number of imidazole rings is 1. The molecule has 9 nitrogen and oxygen atoms in total. The van der Waals surface area contributed by atoms with Crippen molar-refractivity contribution in [3.05, 3.63) is 59.9 Å². The van der Waals surface area contributed by atoms with Crippen LogP contribution in [0.3, 0.4) is 0 Å². The molecule has 0 aliphatic carbocycles. The Morgan fingerprint density at radius 1 is 1.15 bits per heavy atom. The second-order valence-electron chi connectivity index (χ2n) is 8.53. The predicted molar refractivity (Wildman–Crippen MR) is 126 cm³/mol. The van der Waals surface area contributed by atoms with Crippen molar-refractivity contribution in [3.8, 4) is 0 Å². The van der Waals surface area contributed by atoms with E-state index in [1.807, 2.05) is 44.2 Å². The number of aromatic amines is 1. The summed E-state index contributed by atoms with van der Waals surface area (Å²) in [6.45, 7) is 5.47. The van der Waals surface area contributed by atoms with Gasteiger partial charge in [0, 0.05) is 13.1 Å². The Labute approximate surface area is 193 Å². The van der Waals surface area contributed by atoms with Crippen LogP contribution in [0.1, 0.15) is 25.2 Å². The number of aliphatic hydroxyl groups excluding tert-OH is 1. The van der Waals surface area contributed by atoms with Crippen LogP contribution in [-0.4, -0.2) is 64.2 Å². The number of benzene rings is 2. The van der Waals surface area contributed by atoms with Crippen molar-refractivity contribution in [3.63, 3.8) is 0 Å². The number of aliphatic hydroxyl groups is 1. The lowest BCUT2D eigenvalue weighted by atomic mass is 10.0. The third-order valence-electron chi connectivity index (χ3n) is 5.24. The van der Waals surface area contributed by atoms with E-state index in [4.69, 9.17) is 0 Å². The third-order valence-corrected chi connectivity index (χ3v) is 7.07. The number of aryl methyl sites for hydroxylation is 1. The van der Waals surface area contributed by atoms with E-state index in [1.54, 1.807) is 13.0 Å². The van der Waals surface area contributed by atoms with Gasteiger partial charge in [-0.25, -0.2) is 18.2 Å². The van der Waals surface area contributed by atoms with E-state index in [0.29, 0.717) is 11.3 Å². The van der Waals surface area contributed by atoms with Crippen LogP contribution in [0.25, 0.3) is 11.0 Å². The van der Waals surface area contributed by atoms with E-state index in [2.05, 4.69) is 15.3 Å². The molecule has 1 aromatic heterocycles. The highest BCUT2D eigenvalue weighted by atomic mass is 32.2. The molecule has 0 saturated carbocycles. The summed E-state index contributed by atoms with van der Waals surface area (Å²) in [6.07, 6.45) is -2.32. The Bertz CT molecular complexity index is 1190. The van der Waals surface area contributed by atoms with Crippen molar-refractivity contribution in [2.75, 3.05) is 13.1 Å². The first-order valence-electron chi connectivity index (χ1n) is 10.7. The second-order valence-corrected chi connectivity index (χ2v) is 10.5. The summed E-state index contributed by atoms with van der Waals surface area (Å²) in [5.74, 6) is 0.667. The summed E-state index contributed by atoms with van der Waals surface area (Å²) in [5, 5.41) is 22.5. The molecule has 33 heavy (non-hydrogen) atoms. The highest BCUT2D eigenvalue weighted by Crippen LogP contribution is 2.22. The zero-order chi connectivity index (χ0) is 24.2. The average Bonchev–Trinajstić information content (AvgIpc) is 3.12. The first-order valence-corrected chi connectivity index (χ1v) is 12.2. The van der Waals surface area contributed by atoms with Gasteiger partial charge in [-0.1, -0.05) is 44.2 Å². The number of hydrogen-bond acceptors (Lipinski definition) is 5. The normalized spacial score (nSPS) is 14.0. The van der Waals surface area contributed by atoms with Crippen molar-refractivity contribution in [1.82, 2.24) is 19.6 Å². The first kappa shape index (κ1) is 24.7. The number of H-pyrrole nitrogens is 1. The zero-order valence-corrected chi connectivity index (χ0v) is 19.7. The lowest BCUT2D eigenvalue weighted by Crippen LogP contribution is -2.50. The van der Waals surface area contributed by atoms with Crippen molar-refractivity contribution in [2.45, 2.75) is 44.2 Å². The van der Waals surface area contributed by atoms with Gasteiger partial charge in [-0.15, -0.1) is 0 Å². The number of sulfonamides is 1. The molecule has 10 heteroatoms. The fourth-order valence-corrected chi connectivity index (χ4v) is 5.39. The predicted octanol–water partition coefficient (Wildman–Crippen LogP) is 2.76. The van der Waals surface area contributed by atoms with E-state index in [-0.39, 0.29) is 30.3 Å². The number of hydrogen-bond donors (Lipinski definition) is 4. The largest absolute Gasteiger partial charge is 0.465 e. The number of amides is 1. The average molecular weight is 475 g/mol. The number of nitrogens with one attached hydrogen (secondary N) is 2. The maximum atomic E-state index is 13.5. The number of rotatable bonds is 10.